The Kier molecular flexibility index (Phi) is 7.64. The molecule has 0 atom stereocenters. The van der Waals surface area contributed by atoms with E-state index in [1.165, 1.54) is 23.7 Å². The van der Waals surface area contributed by atoms with Gasteiger partial charge in [-0.2, -0.15) is 0 Å². The number of benzene rings is 1. The molecule has 3 heterocycles. The maximum atomic E-state index is 12.0. The van der Waals surface area contributed by atoms with Gasteiger partial charge in [-0.3, -0.25) is 9.78 Å². The lowest BCUT2D eigenvalue weighted by Crippen LogP contribution is -2.20. The molecule has 180 valence electrons. The smallest absolute Gasteiger partial charge is 0.244 e. The van der Waals surface area contributed by atoms with Gasteiger partial charge in [-0.05, 0) is 63.8 Å². The Labute approximate surface area is 207 Å². The van der Waals surface area contributed by atoms with Gasteiger partial charge in [0.2, 0.25) is 5.91 Å². The van der Waals surface area contributed by atoms with Crippen LogP contribution in [0, 0.1) is 13.8 Å². The van der Waals surface area contributed by atoms with E-state index in [0.29, 0.717) is 30.2 Å². The van der Waals surface area contributed by atoms with Gasteiger partial charge in [-0.1, -0.05) is 17.4 Å². The lowest BCUT2D eigenvalue weighted by Gasteiger charge is -2.11. The predicted octanol–water partition coefficient (Wildman–Crippen LogP) is 4.37. The van der Waals surface area contributed by atoms with Crippen LogP contribution in [0.1, 0.15) is 16.3 Å². The molecular weight excluding hydrogens is 462 g/mol. The molecule has 0 aliphatic rings. The van der Waals surface area contributed by atoms with Crippen molar-refractivity contribution in [2.75, 3.05) is 26.0 Å². The molecule has 4 rings (SSSR count). The summed E-state index contributed by atoms with van der Waals surface area (Å²) in [5, 5.41) is 6.94. The van der Waals surface area contributed by atoms with Gasteiger partial charge in [0.1, 0.15) is 33.2 Å². The van der Waals surface area contributed by atoms with Crippen molar-refractivity contribution in [3.8, 4) is 11.5 Å². The zero-order valence-electron chi connectivity index (χ0n) is 20.1. The number of thiazole rings is 1. The summed E-state index contributed by atoms with van der Waals surface area (Å²) in [5.74, 6) is 1.88. The molecule has 0 spiro atoms. The highest BCUT2D eigenvalue weighted by molar-refractivity contribution is 7.18. The van der Waals surface area contributed by atoms with Crippen LogP contribution < -0.4 is 15.4 Å². The third-order valence-electron chi connectivity index (χ3n) is 4.94. The molecular formula is C25H27N7O2S. The quantitative estimate of drug-likeness (QED) is 0.334. The summed E-state index contributed by atoms with van der Waals surface area (Å²) in [6, 6.07) is 9.62. The number of carbonyl (C=O) groups excluding carboxylic acids is 1. The summed E-state index contributed by atoms with van der Waals surface area (Å²) in [6.45, 7) is 4.94. The number of nitrogens with zero attached hydrogens (tertiary/aromatic N) is 5. The molecule has 0 radical (unpaired) electrons. The monoisotopic (exact) mass is 489 g/mol. The summed E-state index contributed by atoms with van der Waals surface area (Å²) in [4.78, 5) is 32.4. The van der Waals surface area contributed by atoms with E-state index < -0.39 is 0 Å². The summed E-state index contributed by atoms with van der Waals surface area (Å²) in [5.41, 5.74) is 3.42. The lowest BCUT2D eigenvalue weighted by molar-refractivity contribution is -0.116. The summed E-state index contributed by atoms with van der Waals surface area (Å²) >= 11 is 1.43. The Balaban J connectivity index is 1.44. The summed E-state index contributed by atoms with van der Waals surface area (Å²) < 4.78 is 5.96. The first kappa shape index (κ1) is 24.2. The second-order valence-corrected chi connectivity index (χ2v) is 9.27. The number of carbonyl (C=O) groups is 1. The molecule has 1 amide bonds. The standard InChI is InChI=1S/C25H27N7O2S/c1-16-12-18(8-10-20(16)34-19-9-7-17(2)26-13-19)30-24-23-25(29-15-28-24)35-22(31-23)14-27-21(33)6-5-11-32(3)4/h5-10,12-13,15H,11,14H2,1-4H3,(H,27,33)(H,28,29,30). The van der Waals surface area contributed by atoms with Gasteiger partial charge in [0.25, 0.3) is 0 Å². The van der Waals surface area contributed by atoms with E-state index in [2.05, 4.69) is 30.6 Å². The maximum absolute atomic E-state index is 12.0. The van der Waals surface area contributed by atoms with Crippen molar-refractivity contribution in [3.63, 3.8) is 0 Å². The van der Waals surface area contributed by atoms with Gasteiger partial charge in [0.05, 0.1) is 12.7 Å². The van der Waals surface area contributed by atoms with Gasteiger partial charge in [-0.25, -0.2) is 15.0 Å². The molecule has 0 aliphatic carbocycles. The number of anilines is 2. The molecule has 0 aliphatic heterocycles. The first-order valence-electron chi connectivity index (χ1n) is 11.0. The number of pyridine rings is 1. The highest BCUT2D eigenvalue weighted by Gasteiger charge is 2.12. The third-order valence-corrected chi connectivity index (χ3v) is 5.91. The van der Waals surface area contributed by atoms with E-state index in [4.69, 9.17) is 4.74 Å². The molecule has 9 nitrogen and oxygen atoms in total. The molecule has 0 bridgehead atoms. The minimum absolute atomic E-state index is 0.158. The van der Waals surface area contributed by atoms with Gasteiger partial charge in [0.15, 0.2) is 5.82 Å². The van der Waals surface area contributed by atoms with Crippen molar-refractivity contribution in [2.45, 2.75) is 20.4 Å². The van der Waals surface area contributed by atoms with Gasteiger partial charge in [-0.15, -0.1) is 0 Å². The lowest BCUT2D eigenvalue weighted by atomic mass is 10.2. The van der Waals surface area contributed by atoms with Crippen molar-refractivity contribution in [2.24, 2.45) is 0 Å². The average Bonchev–Trinajstić information content (AvgIpc) is 3.25. The molecule has 2 N–H and O–H groups in total. The van der Waals surface area contributed by atoms with Crippen LogP contribution in [0.2, 0.25) is 0 Å². The normalized spacial score (nSPS) is 11.3. The van der Waals surface area contributed by atoms with Crippen LogP contribution in [-0.2, 0) is 11.3 Å². The molecule has 3 aromatic heterocycles. The van der Waals surface area contributed by atoms with E-state index in [1.54, 1.807) is 6.20 Å². The number of hydrogen-bond donors (Lipinski definition) is 2. The zero-order valence-corrected chi connectivity index (χ0v) is 20.9. The molecule has 1 aromatic carbocycles. The van der Waals surface area contributed by atoms with Crippen LogP contribution >= 0.6 is 11.3 Å². The number of rotatable bonds is 9. The van der Waals surface area contributed by atoms with Crippen LogP contribution in [0.15, 0.2) is 55.0 Å². The minimum atomic E-state index is -0.158. The Morgan fingerprint density at radius 2 is 2.00 bits per heavy atom. The van der Waals surface area contributed by atoms with Crippen LogP contribution in [0.3, 0.4) is 0 Å². The van der Waals surface area contributed by atoms with Gasteiger partial charge >= 0.3 is 0 Å². The molecule has 10 heteroatoms. The van der Waals surface area contributed by atoms with E-state index in [1.807, 2.05) is 69.3 Å². The highest BCUT2D eigenvalue weighted by Crippen LogP contribution is 2.30. The number of fused-ring (bicyclic) bond motifs is 1. The number of aryl methyl sites for hydroxylation is 2. The fourth-order valence-corrected chi connectivity index (χ4v) is 4.02. The second kappa shape index (κ2) is 11.0. The molecule has 35 heavy (non-hydrogen) atoms. The fraction of sp³-hybridized carbons (Fsp3) is 0.240. The fourth-order valence-electron chi connectivity index (χ4n) is 3.18. The van der Waals surface area contributed by atoms with E-state index in [0.717, 1.165) is 32.5 Å². The molecule has 0 fully saturated rings. The van der Waals surface area contributed by atoms with Crippen molar-refractivity contribution in [3.05, 3.63) is 71.3 Å². The van der Waals surface area contributed by atoms with Gasteiger partial charge in [0, 0.05) is 24.0 Å². The van der Waals surface area contributed by atoms with Crippen LogP contribution in [0.5, 0.6) is 11.5 Å². The Morgan fingerprint density at radius 3 is 2.74 bits per heavy atom. The summed E-state index contributed by atoms with van der Waals surface area (Å²) in [6.07, 6.45) is 6.56. The highest BCUT2D eigenvalue weighted by atomic mass is 32.1. The van der Waals surface area contributed by atoms with Crippen molar-refractivity contribution in [1.82, 2.24) is 30.2 Å². The number of aromatic nitrogens is 4. The van der Waals surface area contributed by atoms with Crippen LogP contribution in [0.4, 0.5) is 11.5 Å². The third kappa shape index (κ3) is 6.58. The van der Waals surface area contributed by atoms with Crippen LogP contribution in [-0.4, -0.2) is 51.4 Å². The Bertz CT molecular complexity index is 1350. The molecule has 0 unspecified atom stereocenters. The number of likely N-dealkylation sites (N-methyl/N-ethyl adjacent to an activating group) is 1. The molecule has 0 saturated heterocycles. The largest absolute Gasteiger partial charge is 0.455 e. The SMILES string of the molecule is Cc1ccc(Oc2ccc(Nc3ncnc4sc(CNC(=O)C=CCN(C)C)nc34)cc2C)cn1. The number of nitrogens with one attached hydrogen (secondary N) is 2. The summed E-state index contributed by atoms with van der Waals surface area (Å²) in [7, 11) is 3.89. The van der Waals surface area contributed by atoms with E-state index in [-0.39, 0.29) is 5.91 Å². The zero-order chi connectivity index (χ0) is 24.8. The van der Waals surface area contributed by atoms with Crippen molar-refractivity contribution >= 4 is 39.1 Å². The first-order valence-corrected chi connectivity index (χ1v) is 11.9. The Morgan fingerprint density at radius 1 is 1.14 bits per heavy atom. The average molecular weight is 490 g/mol. The first-order chi connectivity index (χ1) is 16.9. The van der Waals surface area contributed by atoms with Crippen LogP contribution in [0.25, 0.3) is 10.3 Å². The number of hydrogen-bond acceptors (Lipinski definition) is 9. The topological polar surface area (TPSA) is 105 Å². The molecule has 0 saturated carbocycles. The number of ether oxygens (including phenoxy) is 1. The second-order valence-electron chi connectivity index (χ2n) is 8.21. The van der Waals surface area contributed by atoms with Crippen molar-refractivity contribution < 1.29 is 9.53 Å². The number of amides is 1. The maximum Gasteiger partial charge on any atom is 0.244 e. The van der Waals surface area contributed by atoms with Crippen molar-refractivity contribution in [1.29, 1.82) is 0 Å². The minimum Gasteiger partial charge on any atom is -0.455 e. The molecule has 4 aromatic rings. The van der Waals surface area contributed by atoms with E-state index in [9.17, 15) is 4.79 Å². The van der Waals surface area contributed by atoms with E-state index >= 15 is 0 Å². The predicted molar refractivity (Wildman–Crippen MR) is 138 cm³/mol. The van der Waals surface area contributed by atoms with Gasteiger partial charge < -0.3 is 20.3 Å². The Hall–Kier alpha value is -3.89.